The average molecular weight is 326 g/mol. The predicted octanol–water partition coefficient (Wildman–Crippen LogP) is 1.30. The molecule has 1 rings (SSSR count). The molecule has 0 aliphatic heterocycles. The van der Waals surface area contributed by atoms with Crippen LogP contribution in [0.15, 0.2) is 16.0 Å². The standard InChI is InChI=1S/C14H22N4O3S/c1-4-5-10-6-11(19)18-14(16-10)22-8-12(20)17-13(21)15-7-9(2)3/h6,9H,4-5,7-8H2,1-3H3,(H,16,18,19)(H2,15,17,20,21). The van der Waals surface area contributed by atoms with Crippen LogP contribution in [-0.2, 0) is 11.2 Å². The summed E-state index contributed by atoms with van der Waals surface area (Å²) in [5.74, 6) is -0.117. The number of nitrogens with one attached hydrogen (secondary N) is 3. The topological polar surface area (TPSA) is 104 Å². The number of hydrogen-bond acceptors (Lipinski definition) is 5. The lowest BCUT2D eigenvalue weighted by Gasteiger charge is -2.08. The van der Waals surface area contributed by atoms with Crippen molar-refractivity contribution in [1.29, 1.82) is 0 Å². The number of aryl methyl sites for hydroxylation is 1. The largest absolute Gasteiger partial charge is 0.338 e. The highest BCUT2D eigenvalue weighted by Gasteiger charge is 2.10. The summed E-state index contributed by atoms with van der Waals surface area (Å²) in [6.07, 6.45) is 1.60. The SMILES string of the molecule is CCCc1cc(=O)[nH]c(SCC(=O)NC(=O)NCC(C)C)n1. The van der Waals surface area contributed by atoms with Crippen molar-refractivity contribution in [2.24, 2.45) is 5.92 Å². The van der Waals surface area contributed by atoms with Gasteiger partial charge in [-0.1, -0.05) is 39.0 Å². The Morgan fingerprint density at radius 2 is 2.14 bits per heavy atom. The highest BCUT2D eigenvalue weighted by molar-refractivity contribution is 7.99. The van der Waals surface area contributed by atoms with E-state index in [0.717, 1.165) is 18.2 Å². The zero-order chi connectivity index (χ0) is 16.5. The van der Waals surface area contributed by atoms with Crippen molar-refractivity contribution in [1.82, 2.24) is 20.6 Å². The molecule has 0 aliphatic carbocycles. The number of H-pyrrole nitrogens is 1. The van der Waals surface area contributed by atoms with Crippen LogP contribution < -0.4 is 16.2 Å². The molecule has 3 N–H and O–H groups in total. The number of aromatic amines is 1. The first kappa shape index (κ1) is 18.2. The third-order valence-corrected chi connectivity index (χ3v) is 3.42. The average Bonchev–Trinajstić information content (AvgIpc) is 2.43. The molecule has 1 aromatic rings. The van der Waals surface area contributed by atoms with Gasteiger partial charge >= 0.3 is 6.03 Å². The Bertz CT molecular complexity index is 571. The van der Waals surface area contributed by atoms with Crippen LogP contribution in [0.2, 0.25) is 0 Å². The molecule has 1 heterocycles. The minimum Gasteiger partial charge on any atom is -0.338 e. The van der Waals surface area contributed by atoms with Gasteiger partial charge in [-0.3, -0.25) is 14.9 Å². The highest BCUT2D eigenvalue weighted by Crippen LogP contribution is 2.11. The molecular weight excluding hydrogens is 304 g/mol. The normalized spacial score (nSPS) is 10.5. The Labute approximate surface area is 133 Å². The van der Waals surface area contributed by atoms with Crippen LogP contribution in [0, 0.1) is 5.92 Å². The third-order valence-electron chi connectivity index (χ3n) is 2.54. The van der Waals surface area contributed by atoms with Crippen LogP contribution in [0.3, 0.4) is 0 Å². The second-order valence-corrected chi connectivity index (χ2v) is 6.20. The lowest BCUT2D eigenvalue weighted by Crippen LogP contribution is -2.41. The van der Waals surface area contributed by atoms with Crippen molar-refractivity contribution in [2.45, 2.75) is 38.8 Å². The molecule has 0 bridgehead atoms. The Balaban J connectivity index is 2.47. The van der Waals surface area contributed by atoms with Gasteiger partial charge in [0.05, 0.1) is 5.75 Å². The van der Waals surface area contributed by atoms with E-state index in [1.807, 2.05) is 20.8 Å². The number of nitrogens with zero attached hydrogens (tertiary/aromatic N) is 1. The zero-order valence-electron chi connectivity index (χ0n) is 13.1. The highest BCUT2D eigenvalue weighted by atomic mass is 32.2. The van der Waals surface area contributed by atoms with Gasteiger partial charge in [0, 0.05) is 18.3 Å². The first-order chi connectivity index (χ1) is 10.4. The quantitative estimate of drug-likeness (QED) is 0.517. The lowest BCUT2D eigenvalue weighted by molar-refractivity contribution is -0.117. The van der Waals surface area contributed by atoms with Crippen molar-refractivity contribution in [3.8, 4) is 0 Å². The van der Waals surface area contributed by atoms with Gasteiger partial charge in [-0.25, -0.2) is 9.78 Å². The molecule has 1 aromatic heterocycles. The number of carbonyl (C=O) groups excluding carboxylic acids is 2. The smallest absolute Gasteiger partial charge is 0.321 e. The molecule has 0 aromatic carbocycles. The van der Waals surface area contributed by atoms with Crippen LogP contribution in [-0.4, -0.2) is 34.2 Å². The number of thioether (sulfide) groups is 1. The maximum absolute atomic E-state index is 11.7. The summed E-state index contributed by atoms with van der Waals surface area (Å²) in [6, 6.07) is 0.938. The molecule has 0 saturated heterocycles. The van der Waals surface area contributed by atoms with E-state index in [-0.39, 0.29) is 11.3 Å². The lowest BCUT2D eigenvalue weighted by atomic mass is 10.2. The number of urea groups is 1. The molecule has 0 spiro atoms. The Kier molecular flexibility index (Phi) is 7.65. The van der Waals surface area contributed by atoms with Crippen molar-refractivity contribution < 1.29 is 9.59 Å². The van der Waals surface area contributed by atoms with Crippen LogP contribution >= 0.6 is 11.8 Å². The summed E-state index contributed by atoms with van der Waals surface area (Å²) in [7, 11) is 0. The minimum absolute atomic E-state index is 0.00756. The maximum Gasteiger partial charge on any atom is 0.321 e. The first-order valence-corrected chi connectivity index (χ1v) is 8.20. The molecule has 122 valence electrons. The summed E-state index contributed by atoms with van der Waals surface area (Å²) in [5.41, 5.74) is 0.458. The summed E-state index contributed by atoms with van der Waals surface area (Å²) in [5, 5.41) is 5.21. The summed E-state index contributed by atoms with van der Waals surface area (Å²) >= 11 is 1.09. The van der Waals surface area contributed by atoms with Gasteiger partial charge in [0.25, 0.3) is 5.56 Å². The van der Waals surface area contributed by atoms with E-state index < -0.39 is 11.9 Å². The molecule has 8 heteroatoms. The molecule has 0 aliphatic rings. The second kappa shape index (κ2) is 9.24. The number of imide groups is 1. The Hall–Kier alpha value is -1.83. The van der Waals surface area contributed by atoms with Gasteiger partial charge in [-0.15, -0.1) is 0 Å². The van der Waals surface area contributed by atoms with Crippen LogP contribution in [0.1, 0.15) is 32.9 Å². The molecule has 22 heavy (non-hydrogen) atoms. The van der Waals surface area contributed by atoms with E-state index in [2.05, 4.69) is 20.6 Å². The monoisotopic (exact) mass is 326 g/mol. The first-order valence-electron chi connectivity index (χ1n) is 7.21. The van der Waals surface area contributed by atoms with Crippen molar-refractivity contribution in [3.63, 3.8) is 0 Å². The van der Waals surface area contributed by atoms with E-state index in [0.29, 0.717) is 29.7 Å². The summed E-state index contributed by atoms with van der Waals surface area (Å²) in [4.78, 5) is 41.4. The van der Waals surface area contributed by atoms with Gasteiger partial charge in [-0.05, 0) is 12.3 Å². The zero-order valence-corrected chi connectivity index (χ0v) is 13.9. The van der Waals surface area contributed by atoms with Crippen LogP contribution in [0.4, 0.5) is 4.79 Å². The van der Waals surface area contributed by atoms with Gasteiger partial charge in [0.2, 0.25) is 5.91 Å². The fourth-order valence-corrected chi connectivity index (χ4v) is 2.27. The van der Waals surface area contributed by atoms with Crippen molar-refractivity contribution >= 4 is 23.7 Å². The van der Waals surface area contributed by atoms with Crippen molar-refractivity contribution in [2.75, 3.05) is 12.3 Å². The number of rotatable bonds is 7. The van der Waals surface area contributed by atoms with Crippen LogP contribution in [0.25, 0.3) is 0 Å². The maximum atomic E-state index is 11.7. The molecular formula is C14H22N4O3S. The summed E-state index contributed by atoms with van der Waals surface area (Å²) < 4.78 is 0. The third kappa shape index (κ3) is 7.26. The molecule has 3 amide bonds. The fraction of sp³-hybridized carbons (Fsp3) is 0.571. The molecule has 7 nitrogen and oxygen atoms in total. The van der Waals surface area contributed by atoms with Crippen molar-refractivity contribution in [3.05, 3.63) is 22.1 Å². The number of amides is 3. The number of carbonyl (C=O) groups is 2. The van der Waals surface area contributed by atoms with Crippen LogP contribution in [0.5, 0.6) is 0 Å². The van der Waals surface area contributed by atoms with E-state index in [4.69, 9.17) is 0 Å². The molecule has 0 radical (unpaired) electrons. The minimum atomic E-state index is -0.513. The Morgan fingerprint density at radius 3 is 2.77 bits per heavy atom. The van der Waals surface area contributed by atoms with E-state index >= 15 is 0 Å². The number of aromatic nitrogens is 2. The van der Waals surface area contributed by atoms with E-state index in [1.165, 1.54) is 6.07 Å². The fourth-order valence-electron chi connectivity index (χ4n) is 1.57. The number of hydrogen-bond donors (Lipinski definition) is 3. The van der Waals surface area contributed by atoms with Gasteiger partial charge in [0.1, 0.15) is 0 Å². The summed E-state index contributed by atoms with van der Waals surface area (Å²) in [6.45, 7) is 6.42. The predicted molar refractivity (Wildman–Crippen MR) is 86.0 cm³/mol. The van der Waals surface area contributed by atoms with E-state index in [1.54, 1.807) is 0 Å². The second-order valence-electron chi connectivity index (χ2n) is 5.23. The van der Waals surface area contributed by atoms with Gasteiger partial charge in [0.15, 0.2) is 5.16 Å². The Morgan fingerprint density at radius 1 is 1.41 bits per heavy atom. The molecule has 0 saturated carbocycles. The molecule has 0 unspecified atom stereocenters. The molecule has 0 fully saturated rings. The van der Waals surface area contributed by atoms with Gasteiger partial charge < -0.3 is 10.3 Å². The van der Waals surface area contributed by atoms with E-state index in [9.17, 15) is 14.4 Å². The molecule has 0 atom stereocenters. The van der Waals surface area contributed by atoms with Gasteiger partial charge in [-0.2, -0.15) is 0 Å².